The molecule has 3 rings (SSSR count). The number of pyridine rings is 1. The molecule has 94 valence electrons. The van der Waals surface area contributed by atoms with Crippen LogP contribution in [0.5, 0.6) is 0 Å². The van der Waals surface area contributed by atoms with Crippen molar-refractivity contribution in [1.82, 2.24) is 14.5 Å². The van der Waals surface area contributed by atoms with Crippen LogP contribution in [0.4, 0.5) is 0 Å². The highest BCUT2D eigenvalue weighted by Gasteiger charge is 2.09. The zero-order chi connectivity index (χ0) is 13.4. The first-order valence-corrected chi connectivity index (χ1v) is 5.84. The fourth-order valence-corrected chi connectivity index (χ4v) is 2.07. The first-order chi connectivity index (χ1) is 9.16. The normalized spacial score (nSPS) is 10.8. The van der Waals surface area contributed by atoms with Gasteiger partial charge in [0.2, 0.25) is 0 Å². The van der Waals surface area contributed by atoms with E-state index in [1.54, 1.807) is 6.07 Å². The predicted molar refractivity (Wildman–Crippen MR) is 72.7 cm³/mol. The number of hydrogen-bond donors (Lipinski definition) is 1. The van der Waals surface area contributed by atoms with Crippen LogP contribution < -0.4 is 11.2 Å². The molecule has 0 aliphatic rings. The molecular weight excluding hydrogens is 242 g/mol. The Labute approximate surface area is 108 Å². The van der Waals surface area contributed by atoms with Crippen molar-refractivity contribution >= 4 is 10.9 Å². The van der Waals surface area contributed by atoms with Crippen LogP contribution in [0.2, 0.25) is 0 Å². The van der Waals surface area contributed by atoms with Gasteiger partial charge < -0.3 is 0 Å². The molecule has 3 aromatic rings. The van der Waals surface area contributed by atoms with Crippen LogP contribution in [-0.2, 0) is 0 Å². The Balaban J connectivity index is 2.51. The number of H-pyrrole nitrogens is 1. The summed E-state index contributed by atoms with van der Waals surface area (Å²) in [6, 6.07) is 10.9. The molecule has 0 amide bonds. The van der Waals surface area contributed by atoms with Gasteiger partial charge in [-0.25, -0.2) is 4.79 Å². The number of hydrogen-bond acceptors (Lipinski definition) is 3. The molecule has 0 unspecified atom stereocenters. The topological polar surface area (TPSA) is 67.8 Å². The molecule has 1 N–H and O–H groups in total. The molecule has 2 heterocycles. The summed E-state index contributed by atoms with van der Waals surface area (Å²) in [5, 5.41) is 0.397. The van der Waals surface area contributed by atoms with Crippen molar-refractivity contribution in [2.75, 3.05) is 0 Å². The van der Waals surface area contributed by atoms with E-state index in [1.165, 1.54) is 10.8 Å². The zero-order valence-corrected chi connectivity index (χ0v) is 10.3. The lowest BCUT2D eigenvalue weighted by atomic mass is 10.2. The molecule has 0 bridgehead atoms. The Morgan fingerprint density at radius 2 is 1.89 bits per heavy atom. The minimum atomic E-state index is -0.450. The van der Waals surface area contributed by atoms with Crippen LogP contribution in [0.25, 0.3) is 16.6 Å². The standard InChI is InChI=1S/C14H11N3O2/c1-9-7-12-11(8-15-9)13(18)16-14(19)17(12)10-5-3-2-4-6-10/h2-8H,1H3,(H,16,18,19). The number of fused-ring (bicyclic) bond motifs is 1. The molecule has 0 saturated heterocycles. The van der Waals surface area contributed by atoms with Crippen molar-refractivity contribution in [3.63, 3.8) is 0 Å². The van der Waals surface area contributed by atoms with E-state index >= 15 is 0 Å². The molecule has 19 heavy (non-hydrogen) atoms. The van der Waals surface area contributed by atoms with Crippen molar-refractivity contribution in [3.8, 4) is 5.69 Å². The van der Waals surface area contributed by atoms with Gasteiger partial charge in [-0.2, -0.15) is 0 Å². The van der Waals surface area contributed by atoms with Gasteiger partial charge in [0, 0.05) is 11.9 Å². The average molecular weight is 253 g/mol. The highest BCUT2D eigenvalue weighted by molar-refractivity contribution is 5.78. The van der Waals surface area contributed by atoms with Gasteiger partial charge >= 0.3 is 5.69 Å². The number of nitrogens with zero attached hydrogens (tertiary/aromatic N) is 2. The van der Waals surface area contributed by atoms with Gasteiger partial charge in [-0.15, -0.1) is 0 Å². The van der Waals surface area contributed by atoms with Crippen molar-refractivity contribution in [2.45, 2.75) is 6.92 Å². The van der Waals surface area contributed by atoms with E-state index in [9.17, 15) is 9.59 Å². The summed E-state index contributed by atoms with van der Waals surface area (Å²) in [5.41, 5.74) is 1.16. The van der Waals surface area contributed by atoms with Crippen molar-refractivity contribution < 1.29 is 0 Å². The number of aryl methyl sites for hydroxylation is 1. The third-order valence-electron chi connectivity index (χ3n) is 2.94. The van der Waals surface area contributed by atoms with Gasteiger partial charge in [-0.3, -0.25) is 19.3 Å². The van der Waals surface area contributed by atoms with Gasteiger partial charge in [0.15, 0.2) is 0 Å². The largest absolute Gasteiger partial charge is 0.333 e. The molecule has 0 aliphatic heterocycles. The van der Waals surface area contributed by atoms with Crippen molar-refractivity contribution in [3.05, 3.63) is 69.1 Å². The van der Waals surface area contributed by atoms with E-state index in [0.717, 1.165) is 5.69 Å². The molecule has 0 radical (unpaired) electrons. The summed E-state index contributed by atoms with van der Waals surface area (Å²) < 4.78 is 1.48. The molecular formula is C14H11N3O2. The number of nitrogens with one attached hydrogen (secondary N) is 1. The fraction of sp³-hybridized carbons (Fsp3) is 0.0714. The Hall–Kier alpha value is -2.69. The van der Waals surface area contributed by atoms with E-state index in [1.807, 2.05) is 37.3 Å². The number of aromatic amines is 1. The number of benzene rings is 1. The molecule has 0 saturated carbocycles. The SMILES string of the molecule is Cc1cc2c(cn1)c(=O)[nH]c(=O)n2-c1ccccc1. The number of para-hydroxylation sites is 1. The van der Waals surface area contributed by atoms with Crippen LogP contribution in [0.15, 0.2) is 52.2 Å². The van der Waals surface area contributed by atoms with Crippen LogP contribution in [0.3, 0.4) is 0 Å². The Bertz CT molecular complexity index is 863. The number of rotatable bonds is 1. The quantitative estimate of drug-likeness (QED) is 0.712. The molecule has 5 nitrogen and oxygen atoms in total. The van der Waals surface area contributed by atoms with Gasteiger partial charge in [0.1, 0.15) is 0 Å². The van der Waals surface area contributed by atoms with E-state index in [2.05, 4.69) is 9.97 Å². The molecule has 1 aromatic carbocycles. The molecule has 0 aliphatic carbocycles. The van der Waals surface area contributed by atoms with Gasteiger partial charge in [-0.05, 0) is 25.1 Å². The highest BCUT2D eigenvalue weighted by Crippen LogP contribution is 2.13. The van der Waals surface area contributed by atoms with E-state index in [4.69, 9.17) is 0 Å². The third-order valence-corrected chi connectivity index (χ3v) is 2.94. The second kappa shape index (κ2) is 4.20. The van der Waals surface area contributed by atoms with E-state index in [0.29, 0.717) is 16.6 Å². The minimum Gasteiger partial charge on any atom is -0.273 e. The first-order valence-electron chi connectivity index (χ1n) is 5.84. The van der Waals surface area contributed by atoms with Crippen LogP contribution in [-0.4, -0.2) is 14.5 Å². The first kappa shape index (κ1) is 11.4. The molecule has 5 heteroatoms. The summed E-state index contributed by atoms with van der Waals surface area (Å²) in [4.78, 5) is 30.2. The lowest BCUT2D eigenvalue weighted by Gasteiger charge is -2.09. The maximum atomic E-state index is 12.1. The fourth-order valence-electron chi connectivity index (χ4n) is 2.07. The average Bonchev–Trinajstić information content (AvgIpc) is 2.39. The van der Waals surface area contributed by atoms with Gasteiger partial charge in [0.25, 0.3) is 5.56 Å². The third kappa shape index (κ3) is 1.85. The Morgan fingerprint density at radius 1 is 1.16 bits per heavy atom. The summed E-state index contributed by atoms with van der Waals surface area (Å²) in [5.74, 6) is 0. The monoisotopic (exact) mass is 253 g/mol. The Kier molecular flexibility index (Phi) is 2.52. The van der Waals surface area contributed by atoms with Gasteiger partial charge in [0.05, 0.1) is 16.6 Å². The molecule has 0 atom stereocenters. The zero-order valence-electron chi connectivity index (χ0n) is 10.3. The van der Waals surface area contributed by atoms with Crippen molar-refractivity contribution in [2.24, 2.45) is 0 Å². The minimum absolute atomic E-state index is 0.397. The molecule has 0 spiro atoms. The molecule has 2 aromatic heterocycles. The Morgan fingerprint density at radius 3 is 2.63 bits per heavy atom. The highest BCUT2D eigenvalue weighted by atomic mass is 16.2. The van der Waals surface area contributed by atoms with Crippen LogP contribution in [0, 0.1) is 6.92 Å². The van der Waals surface area contributed by atoms with Gasteiger partial charge in [-0.1, -0.05) is 18.2 Å². The smallest absolute Gasteiger partial charge is 0.273 e. The summed E-state index contributed by atoms with van der Waals surface area (Å²) in [7, 11) is 0. The maximum absolute atomic E-state index is 12.1. The maximum Gasteiger partial charge on any atom is 0.333 e. The summed E-state index contributed by atoms with van der Waals surface area (Å²) in [6.45, 7) is 1.82. The second-order valence-corrected chi connectivity index (χ2v) is 4.27. The molecule has 0 fully saturated rings. The lowest BCUT2D eigenvalue weighted by Crippen LogP contribution is -2.29. The van der Waals surface area contributed by atoms with Crippen LogP contribution >= 0.6 is 0 Å². The van der Waals surface area contributed by atoms with E-state index < -0.39 is 11.2 Å². The van der Waals surface area contributed by atoms with Crippen molar-refractivity contribution in [1.29, 1.82) is 0 Å². The summed E-state index contributed by atoms with van der Waals surface area (Å²) in [6.07, 6.45) is 1.49. The van der Waals surface area contributed by atoms with E-state index in [-0.39, 0.29) is 0 Å². The van der Waals surface area contributed by atoms with Crippen LogP contribution in [0.1, 0.15) is 5.69 Å². The second-order valence-electron chi connectivity index (χ2n) is 4.27. The lowest BCUT2D eigenvalue weighted by molar-refractivity contribution is 0.938. The predicted octanol–water partition coefficient (Wildman–Crippen LogP) is 1.38. The number of aromatic nitrogens is 3. The summed E-state index contributed by atoms with van der Waals surface area (Å²) >= 11 is 0.